The average molecular weight is 330 g/mol. The molecule has 1 amide bonds. The number of carbonyl (C=O) groups excluding carboxylic acids is 3. The van der Waals surface area contributed by atoms with Gasteiger partial charge in [0.15, 0.2) is 0 Å². The molecule has 0 saturated carbocycles. The summed E-state index contributed by atoms with van der Waals surface area (Å²) >= 11 is 0. The van der Waals surface area contributed by atoms with Crippen molar-refractivity contribution in [3.63, 3.8) is 0 Å². The third-order valence-corrected chi connectivity index (χ3v) is 4.14. The van der Waals surface area contributed by atoms with Crippen LogP contribution in [0.3, 0.4) is 0 Å². The lowest BCUT2D eigenvalue weighted by atomic mass is 9.82. The van der Waals surface area contributed by atoms with E-state index in [-0.39, 0.29) is 6.61 Å². The van der Waals surface area contributed by atoms with Gasteiger partial charge in [0.2, 0.25) is 5.91 Å². The number of carbonyl (C=O) groups is 3. The quantitative estimate of drug-likeness (QED) is 0.607. The SMILES string of the molecule is CCOC(=O)c1ccc(NC(=O)[C@@H]2[C@@H](C(=O)[O-])[C@@H]3C=C[C@H]2O3)cc1. The first-order valence-corrected chi connectivity index (χ1v) is 7.64. The van der Waals surface area contributed by atoms with Crippen LogP contribution in [0.4, 0.5) is 5.69 Å². The first-order valence-electron chi connectivity index (χ1n) is 7.64. The molecule has 4 atom stereocenters. The van der Waals surface area contributed by atoms with Crippen LogP contribution in [0.1, 0.15) is 17.3 Å². The summed E-state index contributed by atoms with van der Waals surface area (Å²) < 4.78 is 10.3. The number of benzene rings is 1. The van der Waals surface area contributed by atoms with Gasteiger partial charge in [-0.15, -0.1) is 0 Å². The second-order valence-electron chi connectivity index (χ2n) is 5.61. The number of amides is 1. The van der Waals surface area contributed by atoms with Crippen LogP contribution in [0, 0.1) is 11.8 Å². The van der Waals surface area contributed by atoms with Gasteiger partial charge in [0.1, 0.15) is 0 Å². The van der Waals surface area contributed by atoms with Crippen molar-refractivity contribution >= 4 is 23.5 Å². The molecule has 1 saturated heterocycles. The predicted molar refractivity (Wildman–Crippen MR) is 80.8 cm³/mol. The van der Waals surface area contributed by atoms with Gasteiger partial charge < -0.3 is 24.7 Å². The highest BCUT2D eigenvalue weighted by molar-refractivity contribution is 5.97. The van der Waals surface area contributed by atoms with Gasteiger partial charge in [0, 0.05) is 17.6 Å². The maximum Gasteiger partial charge on any atom is 0.338 e. The number of carboxylic acid groups (broad SMARTS) is 1. The van der Waals surface area contributed by atoms with E-state index in [1.54, 1.807) is 31.2 Å². The Morgan fingerprint density at radius 2 is 1.75 bits per heavy atom. The molecule has 0 aromatic heterocycles. The van der Waals surface area contributed by atoms with Gasteiger partial charge in [-0.2, -0.15) is 0 Å². The summed E-state index contributed by atoms with van der Waals surface area (Å²) in [5.74, 6) is -4.04. The zero-order valence-electron chi connectivity index (χ0n) is 12.9. The summed E-state index contributed by atoms with van der Waals surface area (Å²) in [7, 11) is 0. The average Bonchev–Trinajstić information content (AvgIpc) is 3.16. The molecule has 7 nitrogen and oxygen atoms in total. The zero-order valence-corrected chi connectivity index (χ0v) is 12.9. The van der Waals surface area contributed by atoms with E-state index in [4.69, 9.17) is 9.47 Å². The summed E-state index contributed by atoms with van der Waals surface area (Å²) in [4.78, 5) is 35.3. The summed E-state index contributed by atoms with van der Waals surface area (Å²) in [5.41, 5.74) is 0.825. The standard InChI is InChI=1S/C17H17NO6/c1-2-23-17(22)9-3-5-10(6-4-9)18-15(19)13-11-7-8-12(24-11)14(13)16(20)21/h3-8,11-14H,2H2,1H3,(H,18,19)(H,20,21)/p-1/t11-,12+,13+,14+/m1/s1. The highest BCUT2D eigenvalue weighted by Gasteiger charge is 2.50. The number of ether oxygens (including phenoxy) is 2. The van der Waals surface area contributed by atoms with Crippen molar-refractivity contribution < 1.29 is 29.0 Å². The number of fused-ring (bicyclic) bond motifs is 2. The fourth-order valence-corrected chi connectivity index (χ4v) is 3.03. The molecule has 0 aliphatic carbocycles. The van der Waals surface area contributed by atoms with E-state index < -0.39 is 41.9 Å². The zero-order chi connectivity index (χ0) is 17.3. The monoisotopic (exact) mass is 330 g/mol. The minimum atomic E-state index is -1.30. The Hall–Kier alpha value is -2.67. The van der Waals surface area contributed by atoms with Crippen LogP contribution >= 0.6 is 0 Å². The van der Waals surface area contributed by atoms with Crippen LogP contribution in [0.5, 0.6) is 0 Å². The fraction of sp³-hybridized carbons (Fsp3) is 0.353. The van der Waals surface area contributed by atoms with E-state index in [0.29, 0.717) is 11.3 Å². The lowest BCUT2D eigenvalue weighted by Gasteiger charge is -2.24. The van der Waals surface area contributed by atoms with Crippen molar-refractivity contribution in [3.05, 3.63) is 42.0 Å². The van der Waals surface area contributed by atoms with Crippen LogP contribution in [0.15, 0.2) is 36.4 Å². The molecule has 2 heterocycles. The molecule has 7 heteroatoms. The van der Waals surface area contributed by atoms with E-state index in [1.165, 1.54) is 12.1 Å². The molecule has 2 aliphatic rings. The summed E-state index contributed by atoms with van der Waals surface area (Å²) in [6, 6.07) is 6.17. The molecule has 0 unspecified atom stereocenters. The number of anilines is 1. The number of carboxylic acids is 1. The van der Waals surface area contributed by atoms with Gasteiger partial charge in [-0.1, -0.05) is 12.2 Å². The van der Waals surface area contributed by atoms with Crippen molar-refractivity contribution in [3.8, 4) is 0 Å². The first kappa shape index (κ1) is 16.2. The predicted octanol–water partition coefficient (Wildman–Crippen LogP) is 0.121. The fourth-order valence-electron chi connectivity index (χ4n) is 3.03. The molecule has 1 aromatic rings. The largest absolute Gasteiger partial charge is 0.550 e. The Balaban J connectivity index is 1.70. The maximum absolute atomic E-state index is 12.4. The maximum atomic E-state index is 12.4. The third kappa shape index (κ3) is 2.90. The third-order valence-electron chi connectivity index (χ3n) is 4.14. The number of aliphatic carboxylic acids is 1. The van der Waals surface area contributed by atoms with Crippen LogP contribution in [0.25, 0.3) is 0 Å². The molecule has 1 fully saturated rings. The van der Waals surface area contributed by atoms with Gasteiger partial charge >= 0.3 is 5.97 Å². The number of rotatable bonds is 5. The second-order valence-corrected chi connectivity index (χ2v) is 5.61. The lowest BCUT2D eigenvalue weighted by Crippen LogP contribution is -2.45. The molecule has 3 rings (SSSR count). The Morgan fingerprint density at radius 1 is 1.12 bits per heavy atom. The topological polar surface area (TPSA) is 105 Å². The molecule has 1 N–H and O–H groups in total. The number of hydrogen-bond acceptors (Lipinski definition) is 6. The highest BCUT2D eigenvalue weighted by Crippen LogP contribution is 2.39. The number of hydrogen-bond donors (Lipinski definition) is 1. The second kappa shape index (κ2) is 6.45. The molecule has 24 heavy (non-hydrogen) atoms. The Morgan fingerprint density at radius 3 is 2.33 bits per heavy atom. The van der Waals surface area contributed by atoms with Crippen molar-refractivity contribution in [2.45, 2.75) is 19.1 Å². The number of nitrogens with one attached hydrogen (secondary N) is 1. The summed E-state index contributed by atoms with van der Waals surface area (Å²) in [6.45, 7) is 1.99. The molecule has 126 valence electrons. The van der Waals surface area contributed by atoms with Crippen molar-refractivity contribution in [2.24, 2.45) is 11.8 Å². The molecular formula is C17H16NO6-. The van der Waals surface area contributed by atoms with Crippen molar-refractivity contribution in [1.29, 1.82) is 0 Å². The minimum absolute atomic E-state index is 0.277. The smallest absolute Gasteiger partial charge is 0.338 e. The van der Waals surface area contributed by atoms with Crippen molar-refractivity contribution in [2.75, 3.05) is 11.9 Å². The van der Waals surface area contributed by atoms with Crippen LogP contribution < -0.4 is 10.4 Å². The van der Waals surface area contributed by atoms with E-state index in [0.717, 1.165) is 0 Å². The van der Waals surface area contributed by atoms with Crippen molar-refractivity contribution in [1.82, 2.24) is 0 Å². The Bertz CT molecular complexity index is 696. The van der Waals surface area contributed by atoms with Crippen LogP contribution in [0.2, 0.25) is 0 Å². The first-order chi connectivity index (χ1) is 11.5. The molecule has 2 bridgehead atoms. The lowest BCUT2D eigenvalue weighted by molar-refractivity contribution is -0.313. The minimum Gasteiger partial charge on any atom is -0.550 e. The van der Waals surface area contributed by atoms with Crippen LogP contribution in [-0.2, 0) is 19.1 Å². The van der Waals surface area contributed by atoms with Gasteiger partial charge in [0.25, 0.3) is 0 Å². The Labute approximate surface area is 138 Å². The molecule has 2 aliphatic heterocycles. The van der Waals surface area contributed by atoms with E-state index in [2.05, 4.69) is 5.32 Å². The van der Waals surface area contributed by atoms with E-state index >= 15 is 0 Å². The van der Waals surface area contributed by atoms with E-state index in [1.807, 2.05) is 0 Å². The van der Waals surface area contributed by atoms with E-state index in [9.17, 15) is 19.5 Å². The van der Waals surface area contributed by atoms with Crippen LogP contribution in [-0.4, -0.2) is 36.7 Å². The molecule has 0 radical (unpaired) electrons. The summed E-state index contributed by atoms with van der Waals surface area (Å²) in [5, 5.41) is 13.9. The van der Waals surface area contributed by atoms with Gasteiger partial charge in [-0.05, 0) is 31.2 Å². The Kier molecular flexibility index (Phi) is 4.35. The summed E-state index contributed by atoms with van der Waals surface area (Å²) in [6.07, 6.45) is 2.15. The van der Waals surface area contributed by atoms with Gasteiger partial charge in [-0.3, -0.25) is 4.79 Å². The van der Waals surface area contributed by atoms with Gasteiger partial charge in [-0.25, -0.2) is 4.79 Å². The molecule has 1 aromatic carbocycles. The normalized spacial score (nSPS) is 27.0. The molecular weight excluding hydrogens is 314 g/mol. The molecule has 0 spiro atoms. The van der Waals surface area contributed by atoms with Gasteiger partial charge in [0.05, 0.1) is 30.3 Å². The number of esters is 1. The highest BCUT2D eigenvalue weighted by atomic mass is 16.5.